The van der Waals surface area contributed by atoms with E-state index in [0.717, 1.165) is 16.1 Å². The Morgan fingerprint density at radius 2 is 1.91 bits per heavy atom. The molecule has 2 saturated heterocycles. The summed E-state index contributed by atoms with van der Waals surface area (Å²) in [7, 11) is 1.59. The van der Waals surface area contributed by atoms with E-state index in [0.29, 0.717) is 43.2 Å². The first-order chi connectivity index (χ1) is 16.0. The Morgan fingerprint density at radius 1 is 1.15 bits per heavy atom. The average molecular weight is 470 g/mol. The van der Waals surface area contributed by atoms with Gasteiger partial charge in [-0.3, -0.25) is 9.59 Å². The fraction of sp³-hybridized carbons (Fsp3) is 0.375. The average Bonchev–Trinajstić information content (AvgIpc) is 3.43. The van der Waals surface area contributed by atoms with Gasteiger partial charge in [-0.05, 0) is 36.4 Å². The van der Waals surface area contributed by atoms with E-state index in [1.54, 1.807) is 18.1 Å². The Kier molecular flexibility index (Phi) is 5.88. The maximum Gasteiger partial charge on any atom is 0.274 e. The van der Waals surface area contributed by atoms with Gasteiger partial charge in [-0.15, -0.1) is 0 Å². The van der Waals surface area contributed by atoms with Crippen molar-refractivity contribution in [1.82, 2.24) is 9.88 Å². The van der Waals surface area contributed by atoms with E-state index in [4.69, 9.17) is 9.47 Å². The lowest BCUT2D eigenvalue weighted by molar-refractivity contribution is -0.137. The summed E-state index contributed by atoms with van der Waals surface area (Å²) in [5, 5.41) is 0.455. The molecule has 5 rings (SSSR count). The van der Waals surface area contributed by atoms with Gasteiger partial charge in [-0.2, -0.15) is 4.98 Å². The lowest BCUT2D eigenvalue weighted by atomic mass is 10.0. The Bertz CT molecular complexity index is 1170. The van der Waals surface area contributed by atoms with Gasteiger partial charge in [0.15, 0.2) is 0 Å². The van der Waals surface area contributed by atoms with E-state index in [-0.39, 0.29) is 36.1 Å². The quantitative estimate of drug-likeness (QED) is 0.567. The van der Waals surface area contributed by atoms with Gasteiger partial charge in [-0.25, -0.2) is 4.39 Å². The van der Waals surface area contributed by atoms with Crippen molar-refractivity contribution in [2.24, 2.45) is 5.92 Å². The van der Waals surface area contributed by atoms with Crippen LogP contribution in [0.15, 0.2) is 42.5 Å². The van der Waals surface area contributed by atoms with Crippen molar-refractivity contribution in [3.63, 3.8) is 0 Å². The molecule has 0 radical (unpaired) electrons. The number of benzene rings is 2. The molecule has 3 heterocycles. The molecular weight excluding hydrogens is 445 g/mol. The normalized spacial score (nSPS) is 19.3. The first kappa shape index (κ1) is 21.6. The molecule has 0 aliphatic carbocycles. The van der Waals surface area contributed by atoms with Gasteiger partial charge in [0.2, 0.25) is 11.8 Å². The second-order valence-electron chi connectivity index (χ2n) is 8.31. The molecular formula is C24H24FN3O4S. The van der Waals surface area contributed by atoms with Gasteiger partial charge >= 0.3 is 0 Å². The van der Waals surface area contributed by atoms with Gasteiger partial charge in [0.25, 0.3) is 5.19 Å². The molecule has 33 heavy (non-hydrogen) atoms. The number of amides is 2. The highest BCUT2D eigenvalue weighted by Crippen LogP contribution is 2.32. The second-order valence-corrected chi connectivity index (χ2v) is 9.31. The molecule has 2 aliphatic heterocycles. The minimum atomic E-state index is -0.353. The molecule has 2 amide bonds. The summed E-state index contributed by atoms with van der Waals surface area (Å²) in [4.78, 5) is 33.4. The fourth-order valence-electron chi connectivity index (χ4n) is 4.42. The van der Waals surface area contributed by atoms with Crippen LogP contribution in [0.1, 0.15) is 19.3 Å². The molecule has 7 nitrogen and oxygen atoms in total. The van der Waals surface area contributed by atoms with E-state index in [1.165, 1.54) is 17.4 Å². The van der Waals surface area contributed by atoms with E-state index >= 15 is 0 Å². The predicted molar refractivity (Wildman–Crippen MR) is 123 cm³/mol. The molecule has 9 heteroatoms. The number of carbonyl (C=O) groups is 2. The van der Waals surface area contributed by atoms with Crippen molar-refractivity contribution in [3.8, 4) is 10.9 Å². The highest BCUT2D eigenvalue weighted by molar-refractivity contribution is 7.20. The number of halogens is 1. The first-order valence-corrected chi connectivity index (χ1v) is 11.8. The number of carbonyl (C=O) groups excluding carboxylic acids is 2. The predicted octanol–water partition coefficient (Wildman–Crippen LogP) is 3.87. The molecule has 3 aromatic rings. The summed E-state index contributed by atoms with van der Waals surface area (Å²) in [5.74, 6) is -0.00288. The van der Waals surface area contributed by atoms with Gasteiger partial charge in [-0.1, -0.05) is 17.4 Å². The number of fused-ring (bicyclic) bond motifs is 1. The zero-order valence-electron chi connectivity index (χ0n) is 18.2. The highest BCUT2D eigenvalue weighted by atomic mass is 32.1. The van der Waals surface area contributed by atoms with Crippen LogP contribution in [-0.2, 0) is 9.59 Å². The van der Waals surface area contributed by atoms with Gasteiger partial charge in [0, 0.05) is 44.6 Å². The van der Waals surface area contributed by atoms with Crippen molar-refractivity contribution < 1.29 is 23.5 Å². The van der Waals surface area contributed by atoms with Crippen molar-refractivity contribution in [2.75, 3.05) is 31.6 Å². The summed E-state index contributed by atoms with van der Waals surface area (Å²) >= 11 is 1.33. The van der Waals surface area contributed by atoms with Gasteiger partial charge in [0.1, 0.15) is 23.2 Å². The molecule has 0 bridgehead atoms. The number of anilines is 1. The number of nitrogens with zero attached hydrogens (tertiary/aromatic N) is 3. The van der Waals surface area contributed by atoms with Crippen molar-refractivity contribution in [2.45, 2.75) is 25.4 Å². The van der Waals surface area contributed by atoms with E-state index in [2.05, 4.69) is 4.98 Å². The lowest BCUT2D eigenvalue weighted by Gasteiger charge is -2.33. The van der Waals surface area contributed by atoms with Crippen molar-refractivity contribution in [3.05, 3.63) is 48.3 Å². The number of hydrogen-bond donors (Lipinski definition) is 0. The Hall–Kier alpha value is -3.20. The first-order valence-electron chi connectivity index (χ1n) is 11.0. The minimum Gasteiger partial charge on any atom is -0.497 e. The number of methoxy groups -OCH3 is 1. The van der Waals surface area contributed by atoms with Crippen LogP contribution in [-0.4, -0.2) is 54.5 Å². The molecule has 2 aliphatic rings. The molecule has 1 unspecified atom stereocenters. The van der Waals surface area contributed by atoms with E-state index in [1.807, 2.05) is 35.2 Å². The number of piperidine rings is 1. The maximum atomic E-state index is 13.9. The van der Waals surface area contributed by atoms with Crippen molar-refractivity contribution in [1.29, 1.82) is 0 Å². The van der Waals surface area contributed by atoms with Crippen LogP contribution < -0.4 is 14.4 Å². The van der Waals surface area contributed by atoms with Crippen LogP contribution in [0.3, 0.4) is 0 Å². The molecule has 2 fully saturated rings. The number of thiazole rings is 1. The van der Waals surface area contributed by atoms with Gasteiger partial charge < -0.3 is 19.3 Å². The summed E-state index contributed by atoms with van der Waals surface area (Å²) < 4.78 is 25.8. The third-order valence-electron chi connectivity index (χ3n) is 6.23. The highest BCUT2D eigenvalue weighted by Gasteiger charge is 2.38. The maximum absolute atomic E-state index is 13.9. The summed E-state index contributed by atoms with van der Waals surface area (Å²) in [6, 6.07) is 12.2. The monoisotopic (exact) mass is 469 g/mol. The number of rotatable bonds is 5. The third kappa shape index (κ3) is 4.37. The molecule has 1 atom stereocenters. The van der Waals surface area contributed by atoms with Crippen molar-refractivity contribution >= 4 is 39.1 Å². The standard InChI is InChI=1S/C24H24FN3O4S/c1-31-17-7-5-16(6-8-17)28-14-15(13-21(28)29)23(30)27-11-9-18(10-12-27)32-24-26-22-19(25)3-2-4-20(22)33-24/h2-8,15,18H,9-14H2,1H3. The zero-order chi connectivity index (χ0) is 22.9. The largest absolute Gasteiger partial charge is 0.497 e. The summed E-state index contributed by atoms with van der Waals surface area (Å²) in [5.41, 5.74) is 1.10. The topological polar surface area (TPSA) is 72.0 Å². The molecule has 0 N–H and O–H groups in total. The van der Waals surface area contributed by atoms with Crippen LogP contribution in [0, 0.1) is 11.7 Å². The lowest BCUT2D eigenvalue weighted by Crippen LogP contribution is -2.44. The van der Waals surface area contributed by atoms with Crippen LogP contribution in [0.25, 0.3) is 10.2 Å². The second kappa shape index (κ2) is 8.97. The fourth-order valence-corrected chi connectivity index (χ4v) is 5.32. The zero-order valence-corrected chi connectivity index (χ0v) is 19.0. The van der Waals surface area contributed by atoms with Crippen LogP contribution in [0.5, 0.6) is 10.9 Å². The van der Waals surface area contributed by atoms with E-state index < -0.39 is 0 Å². The number of para-hydroxylation sites is 1. The molecule has 172 valence electrons. The van der Waals surface area contributed by atoms with Crippen LogP contribution >= 0.6 is 11.3 Å². The number of ether oxygens (including phenoxy) is 2. The number of hydrogen-bond acceptors (Lipinski definition) is 6. The minimum absolute atomic E-state index is 0.0138. The van der Waals surface area contributed by atoms with Gasteiger partial charge in [0.05, 0.1) is 17.7 Å². The summed E-state index contributed by atoms with van der Waals surface area (Å²) in [6.07, 6.45) is 1.50. The summed E-state index contributed by atoms with van der Waals surface area (Å²) in [6.45, 7) is 1.52. The SMILES string of the molecule is COc1ccc(N2CC(C(=O)N3CCC(Oc4nc5c(F)cccc5s4)CC3)CC2=O)cc1. The number of likely N-dealkylation sites (tertiary alicyclic amines) is 1. The number of aromatic nitrogens is 1. The molecule has 0 spiro atoms. The van der Waals surface area contributed by atoms with Crippen LogP contribution in [0.2, 0.25) is 0 Å². The molecule has 2 aromatic carbocycles. The Labute approximate surface area is 194 Å². The molecule has 0 saturated carbocycles. The van der Waals surface area contributed by atoms with Crippen LogP contribution in [0.4, 0.5) is 10.1 Å². The Morgan fingerprint density at radius 3 is 2.61 bits per heavy atom. The third-order valence-corrected chi connectivity index (χ3v) is 7.14. The van der Waals surface area contributed by atoms with E-state index in [9.17, 15) is 14.0 Å². The molecule has 1 aromatic heterocycles. The smallest absolute Gasteiger partial charge is 0.274 e. The Balaban J connectivity index is 1.16.